The molecule has 5 nitrogen and oxygen atoms in total. The van der Waals surface area contributed by atoms with Gasteiger partial charge in [-0.15, -0.1) is 0 Å². The minimum atomic E-state index is 0.593. The van der Waals surface area contributed by atoms with Crippen LogP contribution in [0.5, 0.6) is 0 Å². The maximum atomic E-state index is 5.35. The number of rotatable bonds is 6. The molecule has 3 aromatic heterocycles. The highest BCUT2D eigenvalue weighted by molar-refractivity contribution is 6.23. The van der Waals surface area contributed by atoms with Crippen LogP contribution in [0.2, 0.25) is 0 Å². The van der Waals surface area contributed by atoms with Crippen molar-refractivity contribution in [1.82, 2.24) is 24.1 Å². The molecule has 56 heavy (non-hydrogen) atoms. The lowest BCUT2D eigenvalue weighted by Crippen LogP contribution is -2.07. The first-order valence-electron chi connectivity index (χ1n) is 20.8. The smallest absolute Gasteiger partial charge is 0.238 e. The highest BCUT2D eigenvalue weighted by Crippen LogP contribution is 2.44. The van der Waals surface area contributed by atoms with Crippen molar-refractivity contribution < 1.29 is 0 Å². The van der Waals surface area contributed by atoms with Gasteiger partial charge in [-0.1, -0.05) is 142 Å². The molecule has 2 aliphatic rings. The Morgan fingerprint density at radius 3 is 1.34 bits per heavy atom. The van der Waals surface area contributed by atoms with Crippen molar-refractivity contribution in [3.05, 3.63) is 151 Å². The van der Waals surface area contributed by atoms with Gasteiger partial charge in [-0.3, -0.25) is 4.57 Å². The number of para-hydroxylation sites is 1. The van der Waals surface area contributed by atoms with E-state index in [1.165, 1.54) is 108 Å². The third-order valence-electron chi connectivity index (χ3n) is 12.8. The molecule has 11 rings (SSSR count). The molecule has 0 spiro atoms. The van der Waals surface area contributed by atoms with E-state index in [1.54, 1.807) is 0 Å². The second kappa shape index (κ2) is 13.9. The van der Waals surface area contributed by atoms with Gasteiger partial charge in [-0.05, 0) is 85.0 Å². The first-order chi connectivity index (χ1) is 27.8. The number of fused-ring (bicyclic) bond motifs is 7. The van der Waals surface area contributed by atoms with Gasteiger partial charge in [0.25, 0.3) is 0 Å². The highest BCUT2D eigenvalue weighted by atomic mass is 15.2. The zero-order chi connectivity index (χ0) is 37.0. The molecule has 0 radical (unpaired) electrons. The predicted octanol–water partition coefficient (Wildman–Crippen LogP) is 13.5. The molecular formula is C51H45N5. The molecule has 0 saturated heterocycles. The van der Waals surface area contributed by atoms with Gasteiger partial charge in [0.2, 0.25) is 5.95 Å². The predicted molar refractivity (Wildman–Crippen MR) is 231 cm³/mol. The second-order valence-electron chi connectivity index (χ2n) is 16.1. The maximum absolute atomic E-state index is 5.35. The Balaban J connectivity index is 1.27. The molecule has 9 aromatic rings. The molecule has 2 saturated carbocycles. The Morgan fingerprint density at radius 1 is 0.393 bits per heavy atom. The molecule has 0 unspecified atom stereocenters. The monoisotopic (exact) mass is 727 g/mol. The lowest BCUT2D eigenvalue weighted by Gasteiger charge is -2.22. The van der Waals surface area contributed by atoms with Gasteiger partial charge in [-0.2, -0.15) is 9.97 Å². The lowest BCUT2D eigenvalue weighted by molar-refractivity contribution is 0.444. The van der Waals surface area contributed by atoms with E-state index in [4.69, 9.17) is 15.0 Å². The average Bonchev–Trinajstić information content (AvgIpc) is 3.80. The van der Waals surface area contributed by atoms with E-state index in [9.17, 15) is 0 Å². The summed E-state index contributed by atoms with van der Waals surface area (Å²) in [6, 6.07) is 50.8. The normalized spacial score (nSPS) is 15.7. The van der Waals surface area contributed by atoms with Crippen LogP contribution in [0.25, 0.3) is 78.0 Å². The van der Waals surface area contributed by atoms with Gasteiger partial charge in [0.1, 0.15) is 0 Å². The average molecular weight is 728 g/mol. The van der Waals surface area contributed by atoms with Crippen LogP contribution < -0.4 is 0 Å². The largest absolute Gasteiger partial charge is 0.307 e. The number of hydrogen-bond acceptors (Lipinski definition) is 3. The molecule has 0 aliphatic heterocycles. The van der Waals surface area contributed by atoms with Crippen molar-refractivity contribution >= 4 is 43.6 Å². The quantitative estimate of drug-likeness (QED) is 0.171. The zero-order valence-corrected chi connectivity index (χ0v) is 31.7. The zero-order valence-electron chi connectivity index (χ0n) is 31.7. The van der Waals surface area contributed by atoms with Crippen LogP contribution in [0.3, 0.4) is 0 Å². The van der Waals surface area contributed by atoms with Crippen LogP contribution in [-0.4, -0.2) is 24.1 Å². The van der Waals surface area contributed by atoms with Crippen molar-refractivity contribution in [3.8, 4) is 34.4 Å². The minimum Gasteiger partial charge on any atom is -0.307 e. The van der Waals surface area contributed by atoms with Crippen LogP contribution >= 0.6 is 0 Å². The molecule has 2 fully saturated rings. The second-order valence-corrected chi connectivity index (χ2v) is 16.1. The molecule has 274 valence electrons. The van der Waals surface area contributed by atoms with E-state index < -0.39 is 0 Å². The van der Waals surface area contributed by atoms with Gasteiger partial charge in [0, 0.05) is 38.4 Å². The summed E-state index contributed by atoms with van der Waals surface area (Å²) in [6.07, 6.45) is 13.0. The van der Waals surface area contributed by atoms with E-state index in [0.29, 0.717) is 29.4 Å². The van der Waals surface area contributed by atoms with Gasteiger partial charge in [-0.25, -0.2) is 4.98 Å². The fourth-order valence-corrected chi connectivity index (χ4v) is 9.97. The van der Waals surface area contributed by atoms with Gasteiger partial charge in [0.05, 0.1) is 22.1 Å². The van der Waals surface area contributed by atoms with Crippen LogP contribution in [-0.2, 0) is 0 Å². The summed E-state index contributed by atoms with van der Waals surface area (Å²) in [5.41, 5.74) is 10.6. The standard InChI is InChI=1S/C51H45N5/c1-6-16-34(17-7-1)38-26-30-45-43(32-38)41-28-29-42-44-33-39(35-18-8-2-9-19-35)27-31-46(44)56(48(42)47(41)55(45)40-24-14-5-15-25-40)51-53-49(36-20-10-3-11-21-36)52-50(54-51)37-22-12-4-13-23-37/h3-5,10-15,20-35H,1-2,6-9,16-19H2. The fourth-order valence-electron chi connectivity index (χ4n) is 9.97. The van der Waals surface area contributed by atoms with Crippen molar-refractivity contribution in [2.45, 2.75) is 76.0 Å². The van der Waals surface area contributed by atoms with Crippen LogP contribution in [0.4, 0.5) is 0 Å². The fraction of sp³-hybridized carbons (Fsp3) is 0.235. The highest BCUT2D eigenvalue weighted by Gasteiger charge is 2.26. The number of hydrogen-bond donors (Lipinski definition) is 0. The molecule has 0 atom stereocenters. The van der Waals surface area contributed by atoms with Crippen LogP contribution in [0.15, 0.2) is 140 Å². The minimum absolute atomic E-state index is 0.593. The number of nitrogens with zero attached hydrogens (tertiary/aromatic N) is 5. The van der Waals surface area contributed by atoms with Crippen molar-refractivity contribution in [1.29, 1.82) is 0 Å². The summed E-state index contributed by atoms with van der Waals surface area (Å²) in [4.78, 5) is 15.8. The summed E-state index contributed by atoms with van der Waals surface area (Å²) >= 11 is 0. The molecule has 0 N–H and O–H groups in total. The maximum Gasteiger partial charge on any atom is 0.238 e. The summed E-state index contributed by atoms with van der Waals surface area (Å²) in [5.74, 6) is 3.17. The molecule has 2 aliphatic carbocycles. The first-order valence-corrected chi connectivity index (χ1v) is 20.8. The third kappa shape index (κ3) is 5.63. The number of aromatic nitrogens is 5. The van der Waals surface area contributed by atoms with E-state index >= 15 is 0 Å². The Labute approximate surface area is 327 Å². The third-order valence-corrected chi connectivity index (χ3v) is 12.8. The van der Waals surface area contributed by atoms with Crippen molar-refractivity contribution in [3.63, 3.8) is 0 Å². The molecule has 6 aromatic carbocycles. The van der Waals surface area contributed by atoms with E-state index in [-0.39, 0.29) is 0 Å². The first kappa shape index (κ1) is 33.3. The summed E-state index contributed by atoms with van der Waals surface area (Å²) in [7, 11) is 0. The van der Waals surface area contributed by atoms with Gasteiger partial charge < -0.3 is 4.57 Å². The van der Waals surface area contributed by atoms with Gasteiger partial charge in [0.15, 0.2) is 11.6 Å². The van der Waals surface area contributed by atoms with Crippen molar-refractivity contribution in [2.24, 2.45) is 0 Å². The van der Waals surface area contributed by atoms with Crippen LogP contribution in [0, 0.1) is 0 Å². The lowest BCUT2D eigenvalue weighted by atomic mass is 9.83. The van der Waals surface area contributed by atoms with E-state index in [1.807, 2.05) is 12.1 Å². The van der Waals surface area contributed by atoms with E-state index in [0.717, 1.165) is 27.8 Å². The van der Waals surface area contributed by atoms with Crippen LogP contribution in [0.1, 0.15) is 87.2 Å². The Bertz CT molecular complexity index is 2800. The van der Waals surface area contributed by atoms with Crippen molar-refractivity contribution in [2.75, 3.05) is 0 Å². The van der Waals surface area contributed by atoms with E-state index in [2.05, 4.69) is 137 Å². The molecule has 5 heteroatoms. The summed E-state index contributed by atoms with van der Waals surface area (Å²) in [5, 5.41) is 5.03. The topological polar surface area (TPSA) is 48.5 Å². The summed E-state index contributed by atoms with van der Waals surface area (Å²) < 4.78 is 4.84. The molecule has 0 amide bonds. The summed E-state index contributed by atoms with van der Waals surface area (Å²) in [6.45, 7) is 0. The Morgan fingerprint density at radius 2 is 0.839 bits per heavy atom. The Hall–Kier alpha value is -6.07. The molecule has 0 bridgehead atoms. The SMILES string of the molecule is c1ccc(-c2nc(-c3ccccc3)nc(-n3c4ccc(C5CCCCC5)cc4c4ccc5c6cc(C7CCCCC7)ccc6n(-c6ccccc6)c5c43)n2)cc1. The van der Waals surface area contributed by atoms with Gasteiger partial charge >= 0.3 is 0 Å². The molecular weight excluding hydrogens is 683 g/mol. The number of benzene rings is 6. The molecule has 3 heterocycles. The Kier molecular flexibility index (Phi) is 8.26.